The molecule has 3 aromatic rings. The summed E-state index contributed by atoms with van der Waals surface area (Å²) in [6.45, 7) is 3.46. The molecule has 2 aliphatic rings. The molecule has 1 amide bonds. The maximum atomic E-state index is 14.1. The van der Waals surface area contributed by atoms with Gasteiger partial charge in [-0.25, -0.2) is 18.9 Å². The zero-order chi connectivity index (χ0) is 20.0. The van der Waals surface area contributed by atoms with Crippen LogP contribution in [-0.4, -0.2) is 57.9 Å². The van der Waals surface area contributed by atoms with Crippen LogP contribution in [0.3, 0.4) is 0 Å². The average molecular weight is 398 g/mol. The first-order valence-electron chi connectivity index (χ1n) is 9.39. The van der Waals surface area contributed by atoms with Gasteiger partial charge in [-0.3, -0.25) is 4.79 Å². The Hall–Kier alpha value is -3.27. The SMILES string of the molecule is CC1CNC(=O)c2cnn3ccc(nc23)N2CCOCC2c2cc(F)cnc2O1. The smallest absolute Gasteiger partial charge is 0.256 e. The third kappa shape index (κ3) is 3.15. The lowest BCUT2D eigenvalue weighted by molar-refractivity contribution is 0.0903. The minimum Gasteiger partial charge on any atom is -0.473 e. The lowest BCUT2D eigenvalue weighted by Gasteiger charge is -2.37. The van der Waals surface area contributed by atoms with Gasteiger partial charge in [0.1, 0.15) is 23.3 Å². The minimum atomic E-state index is -0.454. The van der Waals surface area contributed by atoms with Crippen LogP contribution >= 0.6 is 0 Å². The standard InChI is InChI=1S/C19H19FN6O3/c1-11-7-21-18(27)14-9-23-26-3-2-16(24-17(14)26)25-4-5-28-10-15(25)13-6-12(20)8-22-19(13)29-11/h2-3,6,8-9,11,15H,4-5,7,10H2,1H3,(H,21,27). The first-order chi connectivity index (χ1) is 14.1. The Morgan fingerprint density at radius 3 is 3.14 bits per heavy atom. The molecular formula is C19H19FN6O3. The molecule has 1 saturated heterocycles. The van der Waals surface area contributed by atoms with Gasteiger partial charge < -0.3 is 19.7 Å². The summed E-state index contributed by atoms with van der Waals surface area (Å²) >= 11 is 0. The third-order valence-corrected chi connectivity index (χ3v) is 5.09. The van der Waals surface area contributed by atoms with Crippen LogP contribution < -0.4 is 15.0 Å². The molecular weight excluding hydrogens is 379 g/mol. The number of nitrogens with zero attached hydrogens (tertiary/aromatic N) is 5. The topological polar surface area (TPSA) is 93.9 Å². The maximum absolute atomic E-state index is 14.1. The van der Waals surface area contributed by atoms with E-state index in [9.17, 15) is 9.18 Å². The summed E-state index contributed by atoms with van der Waals surface area (Å²) in [5, 5.41) is 7.05. The Bertz CT molecular complexity index is 1090. The number of hydrogen-bond acceptors (Lipinski definition) is 7. The summed E-state index contributed by atoms with van der Waals surface area (Å²) in [6.07, 6.45) is 4.00. The molecule has 2 bridgehead atoms. The molecule has 0 aromatic carbocycles. The number of carbonyl (C=O) groups excluding carboxylic acids is 1. The van der Waals surface area contributed by atoms with Gasteiger partial charge in [-0.15, -0.1) is 0 Å². The monoisotopic (exact) mass is 398 g/mol. The first-order valence-corrected chi connectivity index (χ1v) is 9.39. The number of morpholine rings is 1. The number of carbonyl (C=O) groups is 1. The Balaban J connectivity index is 1.69. The molecule has 0 radical (unpaired) electrons. The van der Waals surface area contributed by atoms with Crippen molar-refractivity contribution in [3.63, 3.8) is 0 Å². The van der Waals surface area contributed by atoms with E-state index in [2.05, 4.69) is 20.4 Å². The highest BCUT2D eigenvalue weighted by Crippen LogP contribution is 2.34. The second kappa shape index (κ2) is 6.96. The average Bonchev–Trinajstić information content (AvgIpc) is 3.16. The molecule has 2 unspecified atom stereocenters. The third-order valence-electron chi connectivity index (χ3n) is 5.09. The number of fused-ring (bicyclic) bond motifs is 5. The summed E-state index contributed by atoms with van der Waals surface area (Å²) in [5.74, 6) is 0.217. The predicted octanol–water partition coefficient (Wildman–Crippen LogP) is 1.35. The number of aromatic nitrogens is 4. The maximum Gasteiger partial charge on any atom is 0.256 e. The van der Waals surface area contributed by atoms with Crippen LogP contribution in [0.25, 0.3) is 5.65 Å². The van der Waals surface area contributed by atoms with Crippen LogP contribution in [0, 0.1) is 5.82 Å². The van der Waals surface area contributed by atoms with Crippen molar-refractivity contribution in [2.24, 2.45) is 0 Å². The van der Waals surface area contributed by atoms with E-state index in [1.807, 2.05) is 17.9 Å². The van der Waals surface area contributed by atoms with Crippen molar-refractivity contribution in [2.75, 3.05) is 31.2 Å². The van der Waals surface area contributed by atoms with Gasteiger partial charge in [0, 0.05) is 18.3 Å². The summed E-state index contributed by atoms with van der Waals surface area (Å²) in [7, 11) is 0. The van der Waals surface area contributed by atoms with Crippen molar-refractivity contribution in [1.29, 1.82) is 0 Å². The normalized spacial score (nSPS) is 22.0. The predicted molar refractivity (Wildman–Crippen MR) is 101 cm³/mol. The molecule has 9 nitrogen and oxygen atoms in total. The van der Waals surface area contributed by atoms with Gasteiger partial charge in [-0.2, -0.15) is 5.10 Å². The van der Waals surface area contributed by atoms with E-state index in [1.54, 1.807) is 10.7 Å². The number of nitrogens with one attached hydrogen (secondary N) is 1. The van der Waals surface area contributed by atoms with Crippen molar-refractivity contribution in [2.45, 2.75) is 19.1 Å². The van der Waals surface area contributed by atoms with Crippen LogP contribution in [0.15, 0.2) is 30.7 Å². The molecule has 1 fully saturated rings. The summed E-state index contributed by atoms with van der Waals surface area (Å²) < 4.78 is 27.3. The lowest BCUT2D eigenvalue weighted by atomic mass is 10.1. The van der Waals surface area contributed by atoms with Crippen LogP contribution in [-0.2, 0) is 4.74 Å². The highest BCUT2D eigenvalue weighted by Gasteiger charge is 2.31. The quantitative estimate of drug-likeness (QED) is 0.611. The zero-order valence-corrected chi connectivity index (χ0v) is 15.7. The number of halogens is 1. The molecule has 5 heterocycles. The highest BCUT2D eigenvalue weighted by atomic mass is 19.1. The van der Waals surface area contributed by atoms with E-state index < -0.39 is 5.82 Å². The number of ether oxygens (including phenoxy) is 2. The molecule has 5 rings (SSSR count). The summed E-state index contributed by atoms with van der Waals surface area (Å²) in [5.41, 5.74) is 1.41. The Morgan fingerprint density at radius 2 is 2.24 bits per heavy atom. The van der Waals surface area contributed by atoms with E-state index in [0.717, 1.165) is 6.20 Å². The van der Waals surface area contributed by atoms with Crippen molar-refractivity contribution in [3.8, 4) is 5.88 Å². The molecule has 0 spiro atoms. The van der Waals surface area contributed by atoms with E-state index >= 15 is 0 Å². The molecule has 0 saturated carbocycles. The van der Waals surface area contributed by atoms with Gasteiger partial charge in [0.2, 0.25) is 5.88 Å². The van der Waals surface area contributed by atoms with E-state index in [1.165, 1.54) is 12.3 Å². The number of hydrogen-bond donors (Lipinski definition) is 1. The molecule has 150 valence electrons. The van der Waals surface area contributed by atoms with E-state index in [0.29, 0.717) is 48.2 Å². The molecule has 1 N–H and O–H groups in total. The minimum absolute atomic E-state index is 0.249. The summed E-state index contributed by atoms with van der Waals surface area (Å²) in [4.78, 5) is 23.5. The van der Waals surface area contributed by atoms with Gasteiger partial charge in [0.15, 0.2) is 5.65 Å². The van der Waals surface area contributed by atoms with E-state index in [4.69, 9.17) is 9.47 Å². The zero-order valence-electron chi connectivity index (χ0n) is 15.7. The Labute approximate surface area is 165 Å². The molecule has 10 heteroatoms. The molecule has 3 aromatic heterocycles. The first kappa shape index (κ1) is 17.8. The van der Waals surface area contributed by atoms with Crippen LogP contribution in [0.5, 0.6) is 5.88 Å². The second-order valence-corrected chi connectivity index (χ2v) is 7.08. The second-order valence-electron chi connectivity index (χ2n) is 7.08. The van der Waals surface area contributed by atoms with Crippen LogP contribution in [0.1, 0.15) is 28.9 Å². The molecule has 2 atom stereocenters. The van der Waals surface area contributed by atoms with Gasteiger partial charge in [-0.1, -0.05) is 0 Å². The fraction of sp³-hybridized carbons (Fsp3) is 0.368. The van der Waals surface area contributed by atoms with Crippen LogP contribution in [0.2, 0.25) is 0 Å². The fourth-order valence-electron chi connectivity index (χ4n) is 3.66. The fourth-order valence-corrected chi connectivity index (χ4v) is 3.66. The van der Waals surface area contributed by atoms with Crippen molar-refractivity contribution >= 4 is 17.4 Å². The largest absolute Gasteiger partial charge is 0.473 e. The Morgan fingerprint density at radius 1 is 1.34 bits per heavy atom. The highest BCUT2D eigenvalue weighted by molar-refractivity contribution is 5.99. The molecule has 29 heavy (non-hydrogen) atoms. The number of rotatable bonds is 0. The molecule has 0 aliphatic carbocycles. The van der Waals surface area contributed by atoms with Crippen molar-refractivity contribution in [3.05, 3.63) is 47.7 Å². The number of pyridine rings is 1. The van der Waals surface area contributed by atoms with Gasteiger partial charge >= 0.3 is 0 Å². The van der Waals surface area contributed by atoms with Crippen LogP contribution in [0.4, 0.5) is 10.2 Å². The lowest BCUT2D eigenvalue weighted by Crippen LogP contribution is -2.40. The van der Waals surface area contributed by atoms with Gasteiger partial charge in [-0.05, 0) is 19.1 Å². The van der Waals surface area contributed by atoms with Gasteiger partial charge in [0.05, 0.1) is 38.2 Å². The number of anilines is 1. The summed E-state index contributed by atoms with van der Waals surface area (Å²) in [6, 6.07) is 2.90. The van der Waals surface area contributed by atoms with Gasteiger partial charge in [0.25, 0.3) is 5.91 Å². The number of amides is 1. The van der Waals surface area contributed by atoms with E-state index in [-0.39, 0.29) is 24.6 Å². The molecule has 2 aliphatic heterocycles. The van der Waals surface area contributed by atoms with Crippen molar-refractivity contribution in [1.82, 2.24) is 24.9 Å². The van der Waals surface area contributed by atoms with Crippen molar-refractivity contribution < 1.29 is 18.7 Å². The Kier molecular flexibility index (Phi) is 4.27.